The van der Waals surface area contributed by atoms with Gasteiger partial charge in [0.25, 0.3) is 5.91 Å². The van der Waals surface area contributed by atoms with Gasteiger partial charge in [0.1, 0.15) is 9.77 Å². The van der Waals surface area contributed by atoms with Crippen molar-refractivity contribution in [2.75, 3.05) is 14.1 Å². The molecular formula is C12H18N2O5S2. The summed E-state index contributed by atoms with van der Waals surface area (Å²) in [6.45, 7) is 3.03. The molecule has 0 saturated heterocycles. The number of sulfonamides is 1. The van der Waals surface area contributed by atoms with Crippen molar-refractivity contribution < 1.29 is 23.1 Å². The van der Waals surface area contributed by atoms with Gasteiger partial charge in [0.15, 0.2) is 0 Å². The third-order valence-electron chi connectivity index (χ3n) is 3.09. The Morgan fingerprint density at radius 1 is 1.33 bits per heavy atom. The fraction of sp³-hybridized carbons (Fsp3) is 0.500. The first-order chi connectivity index (χ1) is 9.59. The number of carbonyl (C=O) groups is 2. The zero-order valence-electron chi connectivity index (χ0n) is 12.2. The molecule has 9 heteroatoms. The highest BCUT2D eigenvalue weighted by Crippen LogP contribution is 2.24. The van der Waals surface area contributed by atoms with Crippen LogP contribution in [0.3, 0.4) is 0 Å². The summed E-state index contributed by atoms with van der Waals surface area (Å²) in [5.74, 6) is -2.40. The number of carboxylic acid groups (broad SMARTS) is 1. The molecule has 1 heterocycles. The van der Waals surface area contributed by atoms with Crippen molar-refractivity contribution in [3.63, 3.8) is 0 Å². The number of hydrogen-bond acceptors (Lipinski definition) is 5. The molecule has 0 bridgehead atoms. The third kappa shape index (κ3) is 3.80. The van der Waals surface area contributed by atoms with Crippen LogP contribution in [0, 0.1) is 5.92 Å². The summed E-state index contributed by atoms with van der Waals surface area (Å²) < 4.78 is 25.2. The topological polar surface area (TPSA) is 104 Å². The van der Waals surface area contributed by atoms with Crippen molar-refractivity contribution in [3.05, 3.63) is 16.3 Å². The van der Waals surface area contributed by atoms with Crippen molar-refractivity contribution in [1.82, 2.24) is 9.62 Å². The monoisotopic (exact) mass is 334 g/mol. The summed E-state index contributed by atoms with van der Waals surface area (Å²) in [6.07, 6.45) is 0. The molecule has 21 heavy (non-hydrogen) atoms. The van der Waals surface area contributed by atoms with Crippen LogP contribution in [-0.4, -0.2) is 49.8 Å². The molecular weight excluding hydrogens is 316 g/mol. The Morgan fingerprint density at radius 2 is 1.90 bits per heavy atom. The van der Waals surface area contributed by atoms with E-state index in [9.17, 15) is 18.0 Å². The highest BCUT2D eigenvalue weighted by Gasteiger charge is 2.28. The quantitative estimate of drug-likeness (QED) is 0.802. The second-order valence-corrected chi connectivity index (χ2v) is 7.83. The number of thiophene rings is 1. The number of amides is 1. The summed E-state index contributed by atoms with van der Waals surface area (Å²) in [5, 5.41) is 12.9. The van der Waals surface area contributed by atoms with E-state index in [1.165, 1.54) is 32.5 Å². The minimum Gasteiger partial charge on any atom is -0.481 e. The zero-order valence-corrected chi connectivity index (χ0v) is 13.8. The molecule has 0 aliphatic rings. The van der Waals surface area contributed by atoms with Gasteiger partial charge in [-0.2, -0.15) is 0 Å². The van der Waals surface area contributed by atoms with Gasteiger partial charge >= 0.3 is 5.97 Å². The first-order valence-corrected chi connectivity index (χ1v) is 8.44. The summed E-state index contributed by atoms with van der Waals surface area (Å²) >= 11 is 0.999. The normalized spacial score (nSPS) is 14.7. The van der Waals surface area contributed by atoms with E-state index in [0.717, 1.165) is 15.6 Å². The maximum absolute atomic E-state index is 12.2. The third-order valence-corrected chi connectivity index (χ3v) is 5.99. The van der Waals surface area contributed by atoms with Gasteiger partial charge in [-0.05, 0) is 25.3 Å². The summed E-state index contributed by atoms with van der Waals surface area (Å²) in [5.41, 5.74) is 0. The van der Waals surface area contributed by atoms with Gasteiger partial charge < -0.3 is 10.4 Å². The molecule has 0 aliphatic carbocycles. The molecule has 1 aromatic rings. The van der Waals surface area contributed by atoms with Crippen LogP contribution < -0.4 is 5.32 Å². The Bertz CT molecular complexity index is 636. The molecule has 118 valence electrons. The minimum atomic E-state index is -3.72. The number of hydrogen-bond donors (Lipinski definition) is 2. The lowest BCUT2D eigenvalue weighted by atomic mass is 10.0. The fourth-order valence-corrected chi connectivity index (χ4v) is 3.67. The van der Waals surface area contributed by atoms with Crippen LogP contribution in [0.2, 0.25) is 0 Å². The second kappa shape index (κ2) is 6.54. The molecule has 0 saturated carbocycles. The van der Waals surface area contributed by atoms with Gasteiger partial charge in [0.05, 0.1) is 5.92 Å². The Hall–Kier alpha value is -1.45. The van der Waals surface area contributed by atoms with Gasteiger partial charge in [0.2, 0.25) is 10.0 Å². The SMILES string of the molecule is CC(NC(=O)c1sccc1S(=O)(=O)N(C)C)C(C)C(=O)O. The second-order valence-electron chi connectivity index (χ2n) is 4.79. The summed E-state index contributed by atoms with van der Waals surface area (Å²) in [4.78, 5) is 23.0. The van der Waals surface area contributed by atoms with Crippen LogP contribution in [0.1, 0.15) is 23.5 Å². The van der Waals surface area contributed by atoms with E-state index in [-0.39, 0.29) is 9.77 Å². The van der Waals surface area contributed by atoms with Crippen LogP contribution in [0.5, 0.6) is 0 Å². The molecule has 0 fully saturated rings. The molecule has 0 spiro atoms. The predicted molar refractivity (Wildman–Crippen MR) is 78.9 cm³/mol. The molecule has 2 N–H and O–H groups in total. The number of carbonyl (C=O) groups excluding carboxylic acids is 1. The van der Waals surface area contributed by atoms with Crippen LogP contribution in [0.25, 0.3) is 0 Å². The highest BCUT2D eigenvalue weighted by molar-refractivity contribution is 7.89. The number of aliphatic carboxylic acids is 1. The van der Waals surface area contributed by atoms with E-state index in [2.05, 4.69) is 5.32 Å². The van der Waals surface area contributed by atoms with E-state index in [1.807, 2.05) is 0 Å². The first kappa shape index (κ1) is 17.6. The van der Waals surface area contributed by atoms with Crippen molar-refractivity contribution in [1.29, 1.82) is 0 Å². The molecule has 2 unspecified atom stereocenters. The lowest BCUT2D eigenvalue weighted by Gasteiger charge is -2.18. The van der Waals surface area contributed by atoms with E-state index in [1.54, 1.807) is 6.92 Å². The fourth-order valence-electron chi connectivity index (χ4n) is 1.47. The Kier molecular flexibility index (Phi) is 5.48. The van der Waals surface area contributed by atoms with Crippen molar-refractivity contribution in [2.24, 2.45) is 5.92 Å². The van der Waals surface area contributed by atoms with Crippen LogP contribution in [0.15, 0.2) is 16.3 Å². The molecule has 0 aromatic carbocycles. The minimum absolute atomic E-state index is 0.0492. The molecule has 0 radical (unpaired) electrons. The number of rotatable bonds is 6. The average Bonchev–Trinajstić information content (AvgIpc) is 2.87. The summed E-state index contributed by atoms with van der Waals surface area (Å²) in [6, 6.07) is 0.743. The smallest absolute Gasteiger partial charge is 0.308 e. The van der Waals surface area contributed by atoms with Crippen molar-refractivity contribution >= 4 is 33.2 Å². The van der Waals surface area contributed by atoms with Crippen LogP contribution >= 0.6 is 11.3 Å². The van der Waals surface area contributed by atoms with Crippen molar-refractivity contribution in [3.8, 4) is 0 Å². The Balaban J connectivity index is 3.01. The lowest BCUT2D eigenvalue weighted by molar-refractivity contribution is -0.141. The highest BCUT2D eigenvalue weighted by atomic mass is 32.2. The average molecular weight is 334 g/mol. The van der Waals surface area contributed by atoms with E-state index in [0.29, 0.717) is 0 Å². The van der Waals surface area contributed by atoms with Crippen LogP contribution in [0.4, 0.5) is 0 Å². The van der Waals surface area contributed by atoms with Gasteiger partial charge in [-0.3, -0.25) is 9.59 Å². The van der Waals surface area contributed by atoms with E-state index < -0.39 is 33.9 Å². The number of carboxylic acids is 1. The maximum atomic E-state index is 12.2. The van der Waals surface area contributed by atoms with Crippen molar-refractivity contribution in [2.45, 2.75) is 24.8 Å². The van der Waals surface area contributed by atoms with Gasteiger partial charge in [-0.25, -0.2) is 12.7 Å². The maximum Gasteiger partial charge on any atom is 0.308 e. The van der Waals surface area contributed by atoms with E-state index >= 15 is 0 Å². The van der Waals surface area contributed by atoms with E-state index in [4.69, 9.17) is 5.11 Å². The molecule has 0 aliphatic heterocycles. The lowest BCUT2D eigenvalue weighted by Crippen LogP contribution is -2.40. The van der Waals surface area contributed by atoms with Crippen LogP contribution in [-0.2, 0) is 14.8 Å². The molecule has 1 aromatic heterocycles. The predicted octanol–water partition coefficient (Wildman–Crippen LogP) is 0.837. The first-order valence-electron chi connectivity index (χ1n) is 6.12. The largest absolute Gasteiger partial charge is 0.481 e. The Morgan fingerprint density at radius 3 is 2.38 bits per heavy atom. The molecule has 2 atom stereocenters. The van der Waals surface area contributed by atoms with Gasteiger partial charge in [0, 0.05) is 20.1 Å². The van der Waals surface area contributed by atoms with Gasteiger partial charge in [-0.15, -0.1) is 11.3 Å². The van der Waals surface area contributed by atoms with Gasteiger partial charge in [-0.1, -0.05) is 0 Å². The molecule has 1 amide bonds. The number of nitrogens with one attached hydrogen (secondary N) is 1. The Labute approximate surface area is 127 Å². The zero-order chi connectivity index (χ0) is 16.4. The summed E-state index contributed by atoms with van der Waals surface area (Å²) in [7, 11) is -0.957. The standard InChI is InChI=1S/C12H18N2O5S2/c1-7(12(16)17)8(2)13-11(15)10-9(5-6-20-10)21(18,19)14(3)4/h5-8H,1-4H3,(H,13,15)(H,16,17). The molecule has 1 rings (SSSR count). The number of nitrogens with zero attached hydrogens (tertiary/aromatic N) is 1. The molecule has 7 nitrogen and oxygen atoms in total.